The van der Waals surface area contributed by atoms with Crippen molar-refractivity contribution in [2.75, 3.05) is 18.0 Å². The molecule has 0 unspecified atom stereocenters. The van der Waals surface area contributed by atoms with Crippen LogP contribution < -0.4 is 4.90 Å². The molecule has 0 bridgehead atoms. The van der Waals surface area contributed by atoms with Crippen LogP contribution in [0.1, 0.15) is 50.3 Å². The van der Waals surface area contributed by atoms with Crippen molar-refractivity contribution in [3.63, 3.8) is 0 Å². The van der Waals surface area contributed by atoms with Crippen LogP contribution in [0.3, 0.4) is 0 Å². The Hall–Kier alpha value is -1.57. The number of ketones is 1. The van der Waals surface area contributed by atoms with E-state index < -0.39 is 0 Å². The molecule has 0 atom stereocenters. The molecule has 102 valence electrons. The van der Waals surface area contributed by atoms with Gasteiger partial charge in [-0.1, -0.05) is 19.9 Å². The van der Waals surface area contributed by atoms with Crippen molar-refractivity contribution in [3.05, 3.63) is 34.9 Å². The zero-order valence-electron chi connectivity index (χ0n) is 12.4. The van der Waals surface area contributed by atoms with E-state index >= 15 is 0 Å². The van der Waals surface area contributed by atoms with Crippen molar-refractivity contribution < 1.29 is 4.79 Å². The second-order valence-corrected chi connectivity index (χ2v) is 5.41. The molecule has 0 heterocycles. The highest BCUT2D eigenvalue weighted by Gasteiger charge is 2.18. The van der Waals surface area contributed by atoms with Crippen LogP contribution in [0.5, 0.6) is 0 Å². The lowest BCUT2D eigenvalue weighted by atomic mass is 9.87. The molecule has 19 heavy (non-hydrogen) atoms. The molecular weight excluding hydrogens is 234 g/mol. The maximum absolute atomic E-state index is 11.6. The van der Waals surface area contributed by atoms with Crippen LogP contribution in [0.2, 0.25) is 0 Å². The van der Waals surface area contributed by atoms with Gasteiger partial charge in [0.2, 0.25) is 0 Å². The van der Waals surface area contributed by atoms with Gasteiger partial charge in [-0.05, 0) is 54.7 Å². The van der Waals surface area contributed by atoms with Gasteiger partial charge in [-0.15, -0.1) is 0 Å². The first-order chi connectivity index (χ1) is 9.06. The third-order valence-electron chi connectivity index (χ3n) is 3.83. The third kappa shape index (κ3) is 2.73. The Kier molecular flexibility index (Phi) is 4.08. The minimum atomic E-state index is 0.207. The van der Waals surface area contributed by atoms with E-state index in [1.807, 2.05) is 6.08 Å². The van der Waals surface area contributed by atoms with Crippen LogP contribution >= 0.6 is 0 Å². The van der Waals surface area contributed by atoms with Crippen LogP contribution in [-0.4, -0.2) is 18.9 Å². The number of allylic oxidation sites excluding steroid dienone is 1. The summed E-state index contributed by atoms with van der Waals surface area (Å²) in [5.74, 6) is 0.681. The molecule has 2 rings (SSSR count). The van der Waals surface area contributed by atoms with E-state index in [1.165, 1.54) is 22.4 Å². The van der Waals surface area contributed by atoms with Crippen LogP contribution in [0.4, 0.5) is 5.69 Å². The van der Waals surface area contributed by atoms with Crippen LogP contribution in [0, 0.1) is 0 Å². The summed E-state index contributed by atoms with van der Waals surface area (Å²) in [5, 5.41) is 0. The number of fused-ring (bicyclic) bond motifs is 1. The van der Waals surface area contributed by atoms with Gasteiger partial charge in [0, 0.05) is 25.2 Å². The molecule has 0 aromatic heterocycles. The minimum absolute atomic E-state index is 0.207. The van der Waals surface area contributed by atoms with E-state index in [0.717, 1.165) is 13.1 Å². The summed E-state index contributed by atoms with van der Waals surface area (Å²) in [6, 6.07) is 4.48. The predicted molar refractivity (Wildman–Crippen MR) is 81.8 cm³/mol. The molecule has 0 saturated carbocycles. The maximum atomic E-state index is 11.6. The first-order valence-corrected chi connectivity index (χ1v) is 7.19. The highest BCUT2D eigenvalue weighted by Crippen LogP contribution is 2.32. The van der Waals surface area contributed by atoms with Gasteiger partial charge in [-0.2, -0.15) is 0 Å². The van der Waals surface area contributed by atoms with E-state index in [0.29, 0.717) is 12.3 Å². The zero-order chi connectivity index (χ0) is 14.0. The second-order valence-electron chi connectivity index (χ2n) is 5.41. The number of anilines is 1. The monoisotopic (exact) mass is 257 g/mol. The number of nitrogens with zero attached hydrogens (tertiary/aromatic N) is 1. The topological polar surface area (TPSA) is 20.3 Å². The summed E-state index contributed by atoms with van der Waals surface area (Å²) in [4.78, 5) is 14.0. The summed E-state index contributed by atoms with van der Waals surface area (Å²) < 4.78 is 0. The number of hydrogen-bond acceptors (Lipinski definition) is 2. The van der Waals surface area contributed by atoms with Gasteiger partial charge in [0.05, 0.1) is 0 Å². The number of rotatable bonds is 4. The maximum Gasteiger partial charge on any atom is 0.160 e. The molecule has 0 spiro atoms. The molecule has 0 fully saturated rings. The average Bonchev–Trinajstić information content (AvgIpc) is 2.38. The number of hydrogen-bond donors (Lipinski definition) is 0. The average molecular weight is 257 g/mol. The Morgan fingerprint density at radius 2 is 1.84 bits per heavy atom. The van der Waals surface area contributed by atoms with Crippen LogP contribution in [0.25, 0.3) is 6.08 Å². The first kappa shape index (κ1) is 13.9. The Labute approximate surface area is 116 Å². The first-order valence-electron chi connectivity index (χ1n) is 7.19. The molecule has 0 saturated heterocycles. The van der Waals surface area contributed by atoms with Crippen molar-refractivity contribution in [3.8, 4) is 0 Å². The van der Waals surface area contributed by atoms with Crippen LogP contribution in [0.15, 0.2) is 18.2 Å². The molecule has 1 aliphatic carbocycles. The lowest BCUT2D eigenvalue weighted by Gasteiger charge is -2.26. The van der Waals surface area contributed by atoms with E-state index in [1.54, 1.807) is 6.08 Å². The molecule has 0 radical (unpaired) electrons. The highest BCUT2D eigenvalue weighted by molar-refractivity contribution is 5.99. The van der Waals surface area contributed by atoms with Gasteiger partial charge in [0.1, 0.15) is 0 Å². The lowest BCUT2D eigenvalue weighted by molar-refractivity contribution is -0.114. The summed E-state index contributed by atoms with van der Waals surface area (Å²) in [5.41, 5.74) is 5.03. The molecule has 1 aromatic rings. The highest BCUT2D eigenvalue weighted by atomic mass is 16.1. The Morgan fingerprint density at radius 1 is 1.16 bits per heavy atom. The molecule has 0 N–H and O–H groups in total. The molecule has 2 nitrogen and oxygen atoms in total. The SMILES string of the molecule is CCN(CC)c1cc2c(c(C(C)C)c1)C=CC(=O)C2. The van der Waals surface area contributed by atoms with E-state index in [-0.39, 0.29) is 5.78 Å². The fourth-order valence-electron chi connectivity index (χ4n) is 2.74. The molecule has 1 aromatic carbocycles. The zero-order valence-corrected chi connectivity index (χ0v) is 12.4. The van der Waals surface area contributed by atoms with Crippen molar-refractivity contribution >= 4 is 17.5 Å². The van der Waals surface area contributed by atoms with Crippen molar-refractivity contribution in [2.45, 2.75) is 40.0 Å². The van der Waals surface area contributed by atoms with Gasteiger partial charge < -0.3 is 4.90 Å². The normalized spacial score (nSPS) is 13.8. The summed E-state index contributed by atoms with van der Waals surface area (Å²) in [7, 11) is 0. The standard InChI is InChI=1S/C17H23NO/c1-5-18(6-2)14-9-13-10-15(19)7-8-16(13)17(11-14)12(3)4/h7-9,11-12H,5-6,10H2,1-4H3. The van der Waals surface area contributed by atoms with Crippen molar-refractivity contribution in [2.24, 2.45) is 0 Å². The molecule has 0 amide bonds. The summed E-state index contributed by atoms with van der Waals surface area (Å²) >= 11 is 0. The molecule has 0 aliphatic heterocycles. The smallest absolute Gasteiger partial charge is 0.160 e. The minimum Gasteiger partial charge on any atom is -0.372 e. The van der Waals surface area contributed by atoms with Gasteiger partial charge in [0.25, 0.3) is 0 Å². The fraction of sp³-hybridized carbons (Fsp3) is 0.471. The second kappa shape index (κ2) is 5.60. The number of carbonyl (C=O) groups excluding carboxylic acids is 1. The van der Waals surface area contributed by atoms with Crippen molar-refractivity contribution in [1.82, 2.24) is 0 Å². The van der Waals surface area contributed by atoms with Crippen molar-refractivity contribution in [1.29, 1.82) is 0 Å². The molecule has 1 aliphatic rings. The van der Waals surface area contributed by atoms with E-state index in [2.05, 4.69) is 44.7 Å². The molecule has 2 heteroatoms. The Bertz CT molecular complexity index is 510. The van der Waals surface area contributed by atoms with Gasteiger partial charge in [-0.3, -0.25) is 4.79 Å². The van der Waals surface area contributed by atoms with Gasteiger partial charge in [-0.25, -0.2) is 0 Å². The van der Waals surface area contributed by atoms with Gasteiger partial charge in [0.15, 0.2) is 5.78 Å². The Morgan fingerprint density at radius 3 is 2.42 bits per heavy atom. The third-order valence-corrected chi connectivity index (χ3v) is 3.83. The van der Waals surface area contributed by atoms with Gasteiger partial charge >= 0.3 is 0 Å². The van der Waals surface area contributed by atoms with E-state index in [4.69, 9.17) is 0 Å². The quantitative estimate of drug-likeness (QED) is 0.818. The molecular formula is C17H23NO. The summed E-state index contributed by atoms with van der Waals surface area (Å²) in [6.45, 7) is 10.8. The van der Waals surface area contributed by atoms with E-state index in [9.17, 15) is 4.79 Å². The largest absolute Gasteiger partial charge is 0.372 e. The fourth-order valence-corrected chi connectivity index (χ4v) is 2.74. The predicted octanol–water partition coefficient (Wildman–Crippen LogP) is 3.79. The summed E-state index contributed by atoms with van der Waals surface area (Å²) in [6.07, 6.45) is 4.24. The lowest BCUT2D eigenvalue weighted by Crippen LogP contribution is -2.23. The Balaban J connectivity index is 2.55. The van der Waals surface area contributed by atoms with Crippen LogP contribution in [-0.2, 0) is 11.2 Å². The number of carbonyl (C=O) groups is 1. The number of benzene rings is 1.